The number of carbonyl (C=O) groups excluding carboxylic acids is 2. The Bertz CT molecular complexity index is 1120. The first-order chi connectivity index (χ1) is 15.0. The van der Waals surface area contributed by atoms with Crippen molar-refractivity contribution in [1.29, 1.82) is 0 Å². The fraction of sp³-hybridized carbons (Fsp3) is 0.409. The molecule has 1 N–H and O–H groups in total. The van der Waals surface area contributed by atoms with Crippen molar-refractivity contribution in [2.45, 2.75) is 32.1 Å². The molecule has 0 unspecified atom stereocenters. The first kappa shape index (κ1) is 19.8. The molecule has 2 atom stereocenters. The van der Waals surface area contributed by atoms with E-state index in [1.807, 2.05) is 31.3 Å². The molecule has 3 aromatic rings. The largest absolute Gasteiger partial charge is 0.466 e. The summed E-state index contributed by atoms with van der Waals surface area (Å²) in [5.74, 6) is 0.975. The van der Waals surface area contributed by atoms with E-state index in [1.165, 1.54) is 0 Å². The van der Waals surface area contributed by atoms with Gasteiger partial charge in [0.15, 0.2) is 0 Å². The van der Waals surface area contributed by atoms with Crippen LogP contribution in [0.5, 0.6) is 0 Å². The fourth-order valence-corrected chi connectivity index (χ4v) is 4.21. The second-order valence-corrected chi connectivity index (χ2v) is 8.02. The van der Waals surface area contributed by atoms with Gasteiger partial charge in [-0.3, -0.25) is 14.0 Å². The maximum absolute atomic E-state index is 13.0. The Balaban J connectivity index is 1.21. The summed E-state index contributed by atoms with van der Waals surface area (Å²) in [4.78, 5) is 31.6. The zero-order valence-electron chi connectivity index (χ0n) is 17.4. The predicted octanol–water partition coefficient (Wildman–Crippen LogP) is 1.58. The summed E-state index contributed by atoms with van der Waals surface area (Å²) < 4.78 is 19.3. The van der Waals surface area contributed by atoms with Crippen molar-refractivity contribution in [2.24, 2.45) is 0 Å². The molecule has 3 aromatic heterocycles. The number of rotatable bonds is 3. The van der Waals surface area contributed by atoms with Crippen LogP contribution in [0.3, 0.4) is 0 Å². The third-order valence-electron chi connectivity index (χ3n) is 5.78. The van der Waals surface area contributed by atoms with Crippen LogP contribution in [0.15, 0.2) is 41.1 Å². The lowest BCUT2D eigenvalue weighted by Gasteiger charge is -2.19. The molecular weight excluding hydrogens is 400 g/mol. The van der Waals surface area contributed by atoms with Crippen molar-refractivity contribution in [3.05, 3.63) is 59.4 Å². The number of likely N-dealkylation sites (tertiary alicyclic amines) is 1. The van der Waals surface area contributed by atoms with Gasteiger partial charge in [-0.15, -0.1) is 0 Å². The molecule has 2 aliphatic rings. The van der Waals surface area contributed by atoms with E-state index in [0.29, 0.717) is 49.1 Å². The zero-order chi connectivity index (χ0) is 21.5. The van der Waals surface area contributed by atoms with E-state index in [2.05, 4.69) is 10.3 Å². The Morgan fingerprint density at radius 3 is 2.55 bits per heavy atom. The molecule has 5 heterocycles. The van der Waals surface area contributed by atoms with Crippen molar-refractivity contribution < 1.29 is 23.5 Å². The van der Waals surface area contributed by atoms with Crippen molar-refractivity contribution in [3.63, 3.8) is 0 Å². The van der Waals surface area contributed by atoms with E-state index < -0.39 is 0 Å². The molecule has 2 amide bonds. The summed E-state index contributed by atoms with van der Waals surface area (Å²) in [5, 5.41) is 2.95. The summed E-state index contributed by atoms with van der Waals surface area (Å²) in [5.41, 5.74) is 1.77. The average Bonchev–Trinajstić information content (AvgIpc) is 3.43. The van der Waals surface area contributed by atoms with Crippen LogP contribution < -0.4 is 5.32 Å². The molecular formula is C22H24N4O5. The molecule has 0 saturated carbocycles. The maximum Gasteiger partial charge on any atom is 0.272 e. The minimum Gasteiger partial charge on any atom is -0.466 e. The number of hydrogen-bond acceptors (Lipinski definition) is 6. The van der Waals surface area contributed by atoms with Gasteiger partial charge in [0.25, 0.3) is 11.8 Å². The van der Waals surface area contributed by atoms with Gasteiger partial charge in [-0.05, 0) is 32.0 Å². The normalized spacial score (nSPS) is 21.8. The van der Waals surface area contributed by atoms with Gasteiger partial charge in [0, 0.05) is 19.3 Å². The Morgan fingerprint density at radius 2 is 1.87 bits per heavy atom. The van der Waals surface area contributed by atoms with Gasteiger partial charge in [0.05, 0.1) is 31.0 Å². The highest BCUT2D eigenvalue weighted by molar-refractivity contribution is 5.95. The Labute approximate surface area is 178 Å². The van der Waals surface area contributed by atoms with E-state index in [4.69, 9.17) is 13.9 Å². The number of aromatic nitrogens is 2. The number of carbonyl (C=O) groups is 2. The molecule has 2 saturated heterocycles. The second kappa shape index (κ2) is 7.82. The highest BCUT2D eigenvalue weighted by Gasteiger charge is 2.40. The summed E-state index contributed by atoms with van der Waals surface area (Å²) in [6, 6.07) is 7.07. The number of nitrogens with one attached hydrogen (secondary N) is 1. The minimum atomic E-state index is -0.268. The molecule has 0 aliphatic carbocycles. The van der Waals surface area contributed by atoms with Crippen molar-refractivity contribution in [1.82, 2.24) is 19.6 Å². The van der Waals surface area contributed by atoms with Gasteiger partial charge in [-0.25, -0.2) is 4.98 Å². The number of ether oxygens (including phenoxy) is 2. The number of pyridine rings is 1. The molecule has 5 rings (SSSR count). The molecule has 0 aromatic carbocycles. The van der Waals surface area contributed by atoms with Crippen LogP contribution in [0, 0.1) is 13.8 Å². The number of furan rings is 1. The second-order valence-electron chi connectivity index (χ2n) is 8.02. The summed E-state index contributed by atoms with van der Waals surface area (Å²) in [6.45, 7) is 5.08. The summed E-state index contributed by atoms with van der Waals surface area (Å²) in [6.07, 6.45) is 2.96. The van der Waals surface area contributed by atoms with E-state index in [1.54, 1.807) is 28.5 Å². The number of amides is 2. The smallest absolute Gasteiger partial charge is 0.272 e. The topological polar surface area (TPSA) is 98.3 Å². The van der Waals surface area contributed by atoms with Gasteiger partial charge in [-0.2, -0.15) is 0 Å². The number of fused-ring (bicyclic) bond motifs is 2. The van der Waals surface area contributed by atoms with Gasteiger partial charge < -0.3 is 24.1 Å². The minimum absolute atomic E-state index is 0.102. The molecule has 2 aliphatic heterocycles. The van der Waals surface area contributed by atoms with E-state index >= 15 is 0 Å². The van der Waals surface area contributed by atoms with Crippen molar-refractivity contribution in [2.75, 3.05) is 26.3 Å². The lowest BCUT2D eigenvalue weighted by Crippen LogP contribution is -2.41. The van der Waals surface area contributed by atoms with Crippen molar-refractivity contribution in [3.8, 4) is 0 Å². The van der Waals surface area contributed by atoms with Crippen LogP contribution in [-0.4, -0.2) is 70.7 Å². The standard InChI is InChI=1S/C22H24N4O5/c1-13-7-16(14(2)31-13)21(27)24-15-11-29-18-9-25(10-19(18)30-12-15)22(28)17-8-23-20-5-3-4-6-26(17)20/h3-8,15,18-19H,9-12H2,1-2H3,(H,24,27)/t18-,19-/m0/s1. The number of aryl methyl sites for hydroxylation is 2. The van der Waals surface area contributed by atoms with Crippen LogP contribution >= 0.6 is 0 Å². The Kier molecular flexibility index (Phi) is 4.99. The van der Waals surface area contributed by atoms with E-state index in [9.17, 15) is 9.59 Å². The number of hydrogen-bond donors (Lipinski definition) is 1. The predicted molar refractivity (Wildman–Crippen MR) is 110 cm³/mol. The highest BCUT2D eigenvalue weighted by atomic mass is 16.6. The fourth-order valence-electron chi connectivity index (χ4n) is 4.21. The molecule has 31 heavy (non-hydrogen) atoms. The van der Waals surface area contributed by atoms with Crippen LogP contribution in [-0.2, 0) is 9.47 Å². The number of nitrogens with zero attached hydrogens (tertiary/aromatic N) is 3. The molecule has 162 valence electrons. The lowest BCUT2D eigenvalue weighted by atomic mass is 10.2. The molecule has 9 nitrogen and oxygen atoms in total. The molecule has 9 heteroatoms. The molecule has 0 bridgehead atoms. The third kappa shape index (κ3) is 3.70. The van der Waals surface area contributed by atoms with Crippen LogP contribution in [0.1, 0.15) is 32.4 Å². The van der Waals surface area contributed by atoms with Gasteiger partial charge in [0.2, 0.25) is 0 Å². The first-order valence-corrected chi connectivity index (χ1v) is 10.3. The van der Waals surface area contributed by atoms with Gasteiger partial charge in [-0.1, -0.05) is 6.07 Å². The average molecular weight is 424 g/mol. The monoisotopic (exact) mass is 424 g/mol. The van der Waals surface area contributed by atoms with Crippen molar-refractivity contribution >= 4 is 17.5 Å². The highest BCUT2D eigenvalue weighted by Crippen LogP contribution is 2.23. The first-order valence-electron chi connectivity index (χ1n) is 10.3. The zero-order valence-corrected chi connectivity index (χ0v) is 17.4. The quantitative estimate of drug-likeness (QED) is 0.686. The van der Waals surface area contributed by atoms with E-state index in [0.717, 1.165) is 5.65 Å². The van der Waals surface area contributed by atoms with Gasteiger partial charge in [0.1, 0.15) is 35.1 Å². The number of imidazole rings is 1. The van der Waals surface area contributed by atoms with Crippen LogP contribution in [0.2, 0.25) is 0 Å². The lowest BCUT2D eigenvalue weighted by molar-refractivity contribution is -0.00461. The Morgan fingerprint density at radius 1 is 1.13 bits per heavy atom. The summed E-state index contributed by atoms with van der Waals surface area (Å²) in [7, 11) is 0. The van der Waals surface area contributed by atoms with Gasteiger partial charge >= 0.3 is 0 Å². The Hall–Kier alpha value is -3.17. The summed E-state index contributed by atoms with van der Waals surface area (Å²) >= 11 is 0. The van der Waals surface area contributed by atoms with Crippen LogP contribution in [0.25, 0.3) is 5.65 Å². The molecule has 0 radical (unpaired) electrons. The third-order valence-corrected chi connectivity index (χ3v) is 5.78. The molecule has 2 fully saturated rings. The maximum atomic E-state index is 13.0. The molecule has 0 spiro atoms. The van der Waals surface area contributed by atoms with E-state index in [-0.39, 0.29) is 30.1 Å². The SMILES string of the molecule is Cc1cc(C(=O)NC2CO[C@H]3CN(C(=O)c4cnc5ccccn45)C[C@@H]3OC2)c(C)o1. The van der Waals surface area contributed by atoms with Crippen LogP contribution in [0.4, 0.5) is 0 Å².